The molecule has 5 aliphatic carbocycles. The summed E-state index contributed by atoms with van der Waals surface area (Å²) in [5, 5.41) is 10.9. The van der Waals surface area contributed by atoms with Crippen molar-refractivity contribution in [3.63, 3.8) is 0 Å². The molecule has 5 rings (SSSR count). The average Bonchev–Trinajstić information content (AvgIpc) is 3.07. The van der Waals surface area contributed by atoms with Crippen LogP contribution in [0.3, 0.4) is 0 Å². The van der Waals surface area contributed by atoms with E-state index in [1.807, 2.05) is 0 Å². The Bertz CT molecular complexity index is 762. The van der Waals surface area contributed by atoms with E-state index in [-0.39, 0.29) is 5.41 Å². The van der Waals surface area contributed by atoms with Crippen LogP contribution in [0.1, 0.15) is 113 Å². The van der Waals surface area contributed by atoms with Gasteiger partial charge in [0, 0.05) is 5.41 Å². The standard InChI is InChI=1S/C30H50O/c1-20(2)21-9-12-25-27(21,5)17-18-28(6)22-10-11-24-26(3,4)14-8-15-30(24,19-31)23(22)13-16-29(25,28)7/h13,20-22,24-25,31H,8-12,14-19H2,1-7H3/t21-,22+,24+,25+,27-,28-,29+,30+/m1/s1. The molecule has 31 heavy (non-hydrogen) atoms. The van der Waals surface area contributed by atoms with Crippen LogP contribution in [0.2, 0.25) is 0 Å². The lowest BCUT2D eigenvalue weighted by Crippen LogP contribution is -2.62. The molecular weight excluding hydrogens is 376 g/mol. The van der Waals surface area contributed by atoms with Gasteiger partial charge in [0.05, 0.1) is 6.61 Å². The fourth-order valence-electron chi connectivity index (χ4n) is 11.3. The molecule has 0 amide bonds. The van der Waals surface area contributed by atoms with Crippen molar-refractivity contribution < 1.29 is 5.11 Å². The molecule has 0 unspecified atom stereocenters. The molecule has 0 aromatic rings. The lowest BCUT2D eigenvalue weighted by molar-refractivity contribution is -0.161. The molecule has 0 aliphatic heterocycles. The molecule has 0 heterocycles. The Balaban J connectivity index is 1.58. The van der Waals surface area contributed by atoms with Crippen molar-refractivity contribution in [1.29, 1.82) is 0 Å². The first-order chi connectivity index (χ1) is 14.5. The second kappa shape index (κ2) is 6.86. The highest BCUT2D eigenvalue weighted by Crippen LogP contribution is 2.76. The van der Waals surface area contributed by atoms with Gasteiger partial charge in [-0.15, -0.1) is 0 Å². The number of aliphatic hydroxyl groups excluding tert-OH is 1. The third kappa shape index (κ3) is 2.65. The van der Waals surface area contributed by atoms with Gasteiger partial charge in [0.25, 0.3) is 0 Å². The Labute approximate surface area is 192 Å². The van der Waals surface area contributed by atoms with Crippen molar-refractivity contribution in [2.45, 2.75) is 113 Å². The van der Waals surface area contributed by atoms with Gasteiger partial charge in [-0.1, -0.05) is 66.5 Å². The van der Waals surface area contributed by atoms with Crippen LogP contribution in [0.5, 0.6) is 0 Å². The molecular formula is C30H50O. The predicted octanol–water partition coefficient (Wildman–Crippen LogP) is 8.03. The normalized spacial score (nSPS) is 53.3. The summed E-state index contributed by atoms with van der Waals surface area (Å²) in [5.74, 6) is 3.96. The SMILES string of the molecule is CC(C)[C@H]1CC[C@H]2[C@]1(C)CC[C@]1(C)[C@H]3CC[C@H]4C(C)(C)CCC[C@]4(CO)C3=CC[C@@]21C. The summed E-state index contributed by atoms with van der Waals surface area (Å²) in [5.41, 5.74) is 3.53. The maximum Gasteiger partial charge on any atom is 0.0527 e. The smallest absolute Gasteiger partial charge is 0.0527 e. The third-order valence-electron chi connectivity index (χ3n) is 13.0. The second-order valence-electron chi connectivity index (χ2n) is 14.5. The van der Waals surface area contributed by atoms with E-state index in [9.17, 15) is 5.11 Å². The van der Waals surface area contributed by atoms with E-state index < -0.39 is 0 Å². The summed E-state index contributed by atoms with van der Waals surface area (Å²) in [6, 6.07) is 0. The van der Waals surface area contributed by atoms with Crippen LogP contribution in [0.4, 0.5) is 0 Å². The molecule has 176 valence electrons. The van der Waals surface area contributed by atoms with Gasteiger partial charge in [0.15, 0.2) is 0 Å². The summed E-state index contributed by atoms with van der Waals surface area (Å²) < 4.78 is 0. The maximum atomic E-state index is 10.9. The number of fused-ring (bicyclic) bond motifs is 7. The van der Waals surface area contributed by atoms with E-state index in [1.165, 1.54) is 64.2 Å². The third-order valence-corrected chi connectivity index (χ3v) is 13.0. The van der Waals surface area contributed by atoms with Gasteiger partial charge in [0.2, 0.25) is 0 Å². The molecule has 1 heteroatoms. The van der Waals surface area contributed by atoms with Crippen LogP contribution >= 0.6 is 0 Å². The Morgan fingerprint density at radius 1 is 0.871 bits per heavy atom. The van der Waals surface area contributed by atoms with Crippen LogP contribution in [0, 0.1) is 56.7 Å². The van der Waals surface area contributed by atoms with Crippen molar-refractivity contribution in [3.8, 4) is 0 Å². The minimum Gasteiger partial charge on any atom is -0.395 e. The lowest BCUT2D eigenvalue weighted by atomic mass is 9.35. The molecule has 0 aromatic heterocycles. The summed E-state index contributed by atoms with van der Waals surface area (Å²) >= 11 is 0. The van der Waals surface area contributed by atoms with Gasteiger partial charge in [-0.3, -0.25) is 0 Å². The maximum absolute atomic E-state index is 10.9. The van der Waals surface area contributed by atoms with Crippen LogP contribution in [0.25, 0.3) is 0 Å². The Morgan fingerprint density at radius 3 is 2.26 bits per heavy atom. The van der Waals surface area contributed by atoms with E-state index in [4.69, 9.17) is 0 Å². The lowest BCUT2D eigenvalue weighted by Gasteiger charge is -2.69. The van der Waals surface area contributed by atoms with Crippen molar-refractivity contribution in [2.75, 3.05) is 6.61 Å². The summed E-state index contributed by atoms with van der Waals surface area (Å²) in [6.07, 6.45) is 16.3. The van der Waals surface area contributed by atoms with E-state index in [1.54, 1.807) is 5.57 Å². The Hall–Kier alpha value is -0.300. The monoisotopic (exact) mass is 426 g/mol. The first kappa shape index (κ1) is 22.5. The minimum atomic E-state index is 0.0753. The topological polar surface area (TPSA) is 20.2 Å². The van der Waals surface area contributed by atoms with Gasteiger partial charge >= 0.3 is 0 Å². The number of hydrogen-bond donors (Lipinski definition) is 1. The number of aliphatic hydroxyl groups is 1. The highest BCUT2D eigenvalue weighted by atomic mass is 16.3. The molecule has 4 saturated carbocycles. The molecule has 0 aromatic carbocycles. The molecule has 8 atom stereocenters. The van der Waals surface area contributed by atoms with Crippen molar-refractivity contribution in [2.24, 2.45) is 56.7 Å². The highest BCUT2D eigenvalue weighted by Gasteiger charge is 2.68. The van der Waals surface area contributed by atoms with Gasteiger partial charge in [-0.25, -0.2) is 0 Å². The van der Waals surface area contributed by atoms with Crippen molar-refractivity contribution in [1.82, 2.24) is 0 Å². The van der Waals surface area contributed by atoms with Crippen LogP contribution in [-0.4, -0.2) is 11.7 Å². The molecule has 5 aliphatic rings. The summed E-state index contributed by atoms with van der Waals surface area (Å²) in [6.45, 7) is 18.4. The summed E-state index contributed by atoms with van der Waals surface area (Å²) in [7, 11) is 0. The molecule has 1 N–H and O–H groups in total. The van der Waals surface area contributed by atoms with Crippen LogP contribution in [-0.2, 0) is 0 Å². The van der Waals surface area contributed by atoms with E-state index in [0.29, 0.717) is 40.1 Å². The van der Waals surface area contributed by atoms with E-state index in [0.717, 1.165) is 17.8 Å². The van der Waals surface area contributed by atoms with Crippen LogP contribution in [0.15, 0.2) is 11.6 Å². The summed E-state index contributed by atoms with van der Waals surface area (Å²) in [4.78, 5) is 0. The second-order valence-corrected chi connectivity index (χ2v) is 14.5. The van der Waals surface area contributed by atoms with Gasteiger partial charge < -0.3 is 5.11 Å². The fraction of sp³-hybridized carbons (Fsp3) is 0.933. The highest BCUT2D eigenvalue weighted by molar-refractivity contribution is 5.33. The van der Waals surface area contributed by atoms with Crippen LogP contribution < -0.4 is 0 Å². The average molecular weight is 427 g/mol. The molecule has 0 saturated heterocycles. The van der Waals surface area contributed by atoms with E-state index >= 15 is 0 Å². The number of allylic oxidation sites excluding steroid dienone is 1. The Morgan fingerprint density at radius 2 is 1.58 bits per heavy atom. The largest absolute Gasteiger partial charge is 0.395 e. The zero-order valence-electron chi connectivity index (χ0n) is 21.7. The van der Waals surface area contributed by atoms with Crippen molar-refractivity contribution in [3.05, 3.63) is 11.6 Å². The first-order valence-electron chi connectivity index (χ1n) is 13.8. The zero-order valence-corrected chi connectivity index (χ0v) is 21.7. The molecule has 0 bridgehead atoms. The molecule has 0 radical (unpaired) electrons. The van der Waals surface area contributed by atoms with Gasteiger partial charge in [-0.05, 0) is 109 Å². The predicted molar refractivity (Wildman–Crippen MR) is 131 cm³/mol. The molecule has 1 nitrogen and oxygen atoms in total. The quantitative estimate of drug-likeness (QED) is 0.443. The first-order valence-corrected chi connectivity index (χ1v) is 13.8. The molecule has 0 spiro atoms. The van der Waals surface area contributed by atoms with Crippen molar-refractivity contribution >= 4 is 0 Å². The minimum absolute atomic E-state index is 0.0753. The fourth-order valence-corrected chi connectivity index (χ4v) is 11.3. The molecule has 4 fully saturated rings. The zero-order chi connectivity index (χ0) is 22.4. The Kier molecular flexibility index (Phi) is 4.98. The number of rotatable bonds is 2. The van der Waals surface area contributed by atoms with Gasteiger partial charge in [0.1, 0.15) is 0 Å². The van der Waals surface area contributed by atoms with E-state index in [2.05, 4.69) is 54.5 Å². The van der Waals surface area contributed by atoms with Gasteiger partial charge in [-0.2, -0.15) is 0 Å². The number of hydrogen-bond acceptors (Lipinski definition) is 1.